The highest BCUT2D eigenvalue weighted by Gasteiger charge is 2.07. The number of aromatic nitrogens is 4. The van der Waals surface area contributed by atoms with E-state index in [-0.39, 0.29) is 5.95 Å². The van der Waals surface area contributed by atoms with Crippen molar-refractivity contribution < 1.29 is 0 Å². The van der Waals surface area contributed by atoms with Crippen molar-refractivity contribution in [3.63, 3.8) is 0 Å². The molecule has 2 heterocycles. The fourth-order valence-corrected chi connectivity index (χ4v) is 1.29. The van der Waals surface area contributed by atoms with Gasteiger partial charge in [0, 0.05) is 6.54 Å². The summed E-state index contributed by atoms with van der Waals surface area (Å²) in [4.78, 5) is 8.17. The molecule has 0 aliphatic carbocycles. The van der Waals surface area contributed by atoms with E-state index in [4.69, 9.17) is 5.73 Å². The van der Waals surface area contributed by atoms with Crippen LogP contribution in [0.2, 0.25) is 0 Å². The van der Waals surface area contributed by atoms with E-state index in [1.54, 1.807) is 6.20 Å². The second-order valence-electron chi connectivity index (χ2n) is 3.84. The smallest absolute Gasteiger partial charge is 0.224 e. The maximum absolute atomic E-state index is 5.58. The Morgan fingerprint density at radius 3 is 3.00 bits per heavy atom. The summed E-state index contributed by atoms with van der Waals surface area (Å²) in [5, 5.41) is 10.8. The molecule has 0 spiro atoms. The minimum Gasteiger partial charge on any atom is -0.369 e. The largest absolute Gasteiger partial charge is 0.369 e. The average molecular weight is 206 g/mol. The molecule has 2 aromatic heterocycles. The summed E-state index contributed by atoms with van der Waals surface area (Å²) in [5.41, 5.74) is 6.24. The lowest BCUT2D eigenvalue weighted by Crippen LogP contribution is -2.10. The third-order valence-corrected chi connectivity index (χ3v) is 2.00. The van der Waals surface area contributed by atoms with Crippen LogP contribution in [0.4, 0.5) is 11.8 Å². The highest BCUT2D eigenvalue weighted by atomic mass is 15.2. The first-order valence-electron chi connectivity index (χ1n) is 4.87. The van der Waals surface area contributed by atoms with E-state index in [0.29, 0.717) is 11.6 Å². The Morgan fingerprint density at radius 1 is 1.47 bits per heavy atom. The number of hydrogen-bond acceptors (Lipinski definition) is 5. The first kappa shape index (κ1) is 9.70. The van der Waals surface area contributed by atoms with E-state index >= 15 is 0 Å². The molecule has 0 fully saturated rings. The van der Waals surface area contributed by atoms with Crippen molar-refractivity contribution in [1.82, 2.24) is 20.2 Å². The van der Waals surface area contributed by atoms with Crippen molar-refractivity contribution >= 4 is 22.8 Å². The third-order valence-electron chi connectivity index (χ3n) is 2.00. The molecule has 0 saturated carbocycles. The van der Waals surface area contributed by atoms with Gasteiger partial charge in [0.05, 0.1) is 11.6 Å². The molecule has 0 bridgehead atoms. The van der Waals surface area contributed by atoms with Crippen LogP contribution in [-0.4, -0.2) is 26.7 Å². The number of anilines is 2. The highest BCUT2D eigenvalue weighted by molar-refractivity contribution is 5.86. The molecule has 6 heteroatoms. The normalized spacial score (nSPS) is 11.1. The van der Waals surface area contributed by atoms with Gasteiger partial charge in [0.1, 0.15) is 5.82 Å². The molecule has 0 aliphatic heterocycles. The highest BCUT2D eigenvalue weighted by Crippen LogP contribution is 2.18. The standard InChI is InChI=1S/C9H14N6/c1-5(2)3-11-7-6-4-12-15-8(6)14-9(10)13-7/h4-5H,3H2,1-2H3,(H4,10,11,12,13,14,15). The van der Waals surface area contributed by atoms with Gasteiger partial charge in [-0.05, 0) is 5.92 Å². The van der Waals surface area contributed by atoms with Gasteiger partial charge in [-0.2, -0.15) is 15.1 Å². The van der Waals surface area contributed by atoms with Gasteiger partial charge >= 0.3 is 0 Å². The van der Waals surface area contributed by atoms with Crippen molar-refractivity contribution in [2.45, 2.75) is 13.8 Å². The minimum atomic E-state index is 0.248. The molecule has 2 aromatic rings. The number of aromatic amines is 1. The summed E-state index contributed by atoms with van der Waals surface area (Å²) in [7, 11) is 0. The monoisotopic (exact) mass is 206 g/mol. The maximum atomic E-state index is 5.58. The van der Waals surface area contributed by atoms with Gasteiger partial charge < -0.3 is 11.1 Å². The number of fused-ring (bicyclic) bond motifs is 1. The lowest BCUT2D eigenvalue weighted by atomic mass is 10.2. The fourth-order valence-electron chi connectivity index (χ4n) is 1.29. The molecule has 0 unspecified atom stereocenters. The molecular weight excluding hydrogens is 192 g/mol. The molecule has 0 saturated heterocycles. The summed E-state index contributed by atoms with van der Waals surface area (Å²) in [6.07, 6.45) is 1.69. The van der Waals surface area contributed by atoms with Gasteiger partial charge in [-0.3, -0.25) is 5.10 Å². The van der Waals surface area contributed by atoms with Crippen LogP contribution >= 0.6 is 0 Å². The SMILES string of the molecule is CC(C)CNc1nc(N)nc2[nH]ncc12. The molecule has 4 N–H and O–H groups in total. The number of H-pyrrole nitrogens is 1. The van der Waals surface area contributed by atoms with Crippen molar-refractivity contribution in [2.75, 3.05) is 17.6 Å². The molecule has 80 valence electrons. The van der Waals surface area contributed by atoms with Crippen LogP contribution in [0.3, 0.4) is 0 Å². The molecule has 15 heavy (non-hydrogen) atoms. The third kappa shape index (κ3) is 1.98. The number of nitrogens with one attached hydrogen (secondary N) is 2. The summed E-state index contributed by atoms with van der Waals surface area (Å²) < 4.78 is 0. The molecule has 0 atom stereocenters. The van der Waals surface area contributed by atoms with Crippen molar-refractivity contribution in [3.8, 4) is 0 Å². The summed E-state index contributed by atoms with van der Waals surface area (Å²) >= 11 is 0. The van der Waals surface area contributed by atoms with Gasteiger partial charge in [-0.1, -0.05) is 13.8 Å². The Hall–Kier alpha value is -1.85. The number of nitrogens with zero attached hydrogens (tertiary/aromatic N) is 3. The second-order valence-corrected chi connectivity index (χ2v) is 3.84. The first-order chi connectivity index (χ1) is 7.16. The first-order valence-corrected chi connectivity index (χ1v) is 4.87. The predicted octanol–water partition coefficient (Wildman–Crippen LogP) is 1.00. The van der Waals surface area contributed by atoms with E-state index in [2.05, 4.69) is 39.3 Å². The van der Waals surface area contributed by atoms with Crippen LogP contribution in [0.5, 0.6) is 0 Å². The molecule has 0 aliphatic rings. The molecule has 0 radical (unpaired) electrons. The molecule has 0 amide bonds. The number of nitrogens with two attached hydrogens (primary N) is 1. The van der Waals surface area contributed by atoms with Gasteiger partial charge in [0.2, 0.25) is 5.95 Å². The molecule has 0 aromatic carbocycles. The Balaban J connectivity index is 2.35. The van der Waals surface area contributed by atoms with E-state index in [0.717, 1.165) is 17.7 Å². The zero-order chi connectivity index (χ0) is 10.8. The Labute approximate surface area is 87.3 Å². The van der Waals surface area contributed by atoms with E-state index in [1.807, 2.05) is 0 Å². The minimum absolute atomic E-state index is 0.248. The van der Waals surface area contributed by atoms with Gasteiger partial charge in [-0.15, -0.1) is 0 Å². The summed E-state index contributed by atoms with van der Waals surface area (Å²) in [6, 6.07) is 0. The molecule has 6 nitrogen and oxygen atoms in total. The van der Waals surface area contributed by atoms with Crippen LogP contribution in [0.25, 0.3) is 11.0 Å². The van der Waals surface area contributed by atoms with Crippen molar-refractivity contribution in [1.29, 1.82) is 0 Å². The lowest BCUT2D eigenvalue weighted by Gasteiger charge is -2.08. The summed E-state index contributed by atoms with van der Waals surface area (Å²) in [5.74, 6) is 1.53. The summed E-state index contributed by atoms with van der Waals surface area (Å²) in [6.45, 7) is 5.10. The zero-order valence-corrected chi connectivity index (χ0v) is 8.78. The van der Waals surface area contributed by atoms with Crippen LogP contribution in [0, 0.1) is 5.92 Å². The quantitative estimate of drug-likeness (QED) is 0.696. The number of nitrogen functional groups attached to an aromatic ring is 1. The Bertz CT molecular complexity index is 461. The van der Waals surface area contributed by atoms with Crippen LogP contribution in [-0.2, 0) is 0 Å². The van der Waals surface area contributed by atoms with Crippen molar-refractivity contribution in [3.05, 3.63) is 6.20 Å². The predicted molar refractivity (Wildman–Crippen MR) is 59.4 cm³/mol. The molecular formula is C9H14N6. The second kappa shape index (κ2) is 3.72. The maximum Gasteiger partial charge on any atom is 0.224 e. The Kier molecular flexibility index (Phi) is 2.40. The van der Waals surface area contributed by atoms with Crippen molar-refractivity contribution in [2.24, 2.45) is 5.92 Å². The number of hydrogen-bond donors (Lipinski definition) is 3. The van der Waals surface area contributed by atoms with Gasteiger partial charge in [-0.25, -0.2) is 0 Å². The van der Waals surface area contributed by atoms with E-state index < -0.39 is 0 Å². The fraction of sp³-hybridized carbons (Fsp3) is 0.444. The van der Waals surface area contributed by atoms with Gasteiger partial charge in [0.25, 0.3) is 0 Å². The van der Waals surface area contributed by atoms with Crippen LogP contribution < -0.4 is 11.1 Å². The molecule has 2 rings (SSSR count). The average Bonchev–Trinajstić information content (AvgIpc) is 2.61. The van der Waals surface area contributed by atoms with Crippen LogP contribution in [0.1, 0.15) is 13.8 Å². The van der Waals surface area contributed by atoms with Gasteiger partial charge in [0.15, 0.2) is 5.65 Å². The topological polar surface area (TPSA) is 92.5 Å². The zero-order valence-electron chi connectivity index (χ0n) is 8.78. The van der Waals surface area contributed by atoms with E-state index in [9.17, 15) is 0 Å². The Morgan fingerprint density at radius 2 is 2.27 bits per heavy atom. The van der Waals surface area contributed by atoms with E-state index in [1.165, 1.54) is 0 Å². The van der Waals surface area contributed by atoms with Crippen LogP contribution in [0.15, 0.2) is 6.20 Å². The number of rotatable bonds is 3. The lowest BCUT2D eigenvalue weighted by molar-refractivity contribution is 0.687.